The molecule has 6 nitrogen and oxygen atoms in total. The number of hydrogen-bond donors (Lipinski definition) is 2. The Morgan fingerprint density at radius 3 is 2.52 bits per heavy atom. The summed E-state index contributed by atoms with van der Waals surface area (Å²) in [5.74, 6) is -5.88. The van der Waals surface area contributed by atoms with Crippen LogP contribution in [0.4, 0.5) is 23.2 Å². The molecule has 0 saturated carbocycles. The summed E-state index contributed by atoms with van der Waals surface area (Å²) < 4.78 is 59.9. The van der Waals surface area contributed by atoms with Gasteiger partial charge in [0.1, 0.15) is 28.7 Å². The Hall–Kier alpha value is -3.66. The zero-order chi connectivity index (χ0) is 23.6. The number of aromatic nitrogens is 1. The fourth-order valence-corrected chi connectivity index (χ4v) is 4.70. The summed E-state index contributed by atoms with van der Waals surface area (Å²) in [5.41, 5.74) is 4.72. The first-order chi connectivity index (χ1) is 15.7. The first-order valence-corrected chi connectivity index (χ1v) is 10.1. The monoisotopic (exact) mass is 459 g/mol. The Morgan fingerprint density at radius 1 is 1.09 bits per heavy atom. The fourth-order valence-electron chi connectivity index (χ4n) is 4.70. The lowest BCUT2D eigenvalue weighted by atomic mass is 10.1. The number of rotatable bonds is 3. The summed E-state index contributed by atoms with van der Waals surface area (Å²) >= 11 is 0. The summed E-state index contributed by atoms with van der Waals surface area (Å²) in [5, 5.41) is 8.84. The van der Waals surface area contributed by atoms with Gasteiger partial charge in [-0.05, 0) is 42.2 Å². The second-order valence-electron chi connectivity index (χ2n) is 8.19. The quantitative estimate of drug-likeness (QED) is 0.463. The van der Waals surface area contributed by atoms with E-state index in [1.807, 2.05) is 0 Å². The molecule has 10 heteroatoms. The Bertz CT molecular complexity index is 1450. The maximum atomic E-state index is 15.9. The van der Waals surface area contributed by atoms with E-state index in [1.54, 1.807) is 0 Å². The third-order valence-electron chi connectivity index (χ3n) is 6.27. The molecule has 33 heavy (non-hydrogen) atoms. The lowest BCUT2D eigenvalue weighted by Gasteiger charge is -2.24. The second kappa shape index (κ2) is 7.45. The number of fused-ring (bicyclic) bond motifs is 1. The summed E-state index contributed by atoms with van der Waals surface area (Å²) in [7, 11) is 0. The predicted octanol–water partition coefficient (Wildman–Crippen LogP) is 3.48. The molecular weight excluding hydrogens is 442 g/mol. The number of nitrogens with zero attached hydrogens (tertiary/aromatic N) is 2. The van der Waals surface area contributed by atoms with Crippen molar-refractivity contribution < 1.29 is 27.5 Å². The number of benzene rings is 2. The van der Waals surface area contributed by atoms with Crippen molar-refractivity contribution in [3.05, 3.63) is 80.7 Å². The maximum absolute atomic E-state index is 15.9. The molecule has 2 heterocycles. The summed E-state index contributed by atoms with van der Waals surface area (Å²) in [6.45, 7) is 0.461. The highest BCUT2D eigenvalue weighted by Gasteiger charge is 2.34. The number of carboxylic acid groups (broad SMARTS) is 1. The molecule has 1 aliphatic carbocycles. The topological polar surface area (TPSA) is 88.6 Å². The van der Waals surface area contributed by atoms with E-state index in [4.69, 9.17) is 5.73 Å². The van der Waals surface area contributed by atoms with Crippen LogP contribution in [0.25, 0.3) is 16.6 Å². The Morgan fingerprint density at radius 2 is 1.85 bits per heavy atom. The van der Waals surface area contributed by atoms with E-state index in [0.717, 1.165) is 53.0 Å². The van der Waals surface area contributed by atoms with Crippen LogP contribution < -0.4 is 16.1 Å². The molecule has 2 aromatic carbocycles. The van der Waals surface area contributed by atoms with Crippen molar-refractivity contribution in [2.24, 2.45) is 5.73 Å². The van der Waals surface area contributed by atoms with Crippen molar-refractivity contribution in [2.45, 2.75) is 18.9 Å². The van der Waals surface area contributed by atoms with Crippen LogP contribution in [-0.2, 0) is 0 Å². The van der Waals surface area contributed by atoms with Gasteiger partial charge in [0, 0.05) is 31.4 Å². The number of carboxylic acids is 1. The molecule has 3 N–H and O–H groups in total. The van der Waals surface area contributed by atoms with E-state index in [0.29, 0.717) is 6.07 Å². The van der Waals surface area contributed by atoms with Gasteiger partial charge in [-0.2, -0.15) is 0 Å². The molecule has 1 aromatic heterocycles. The van der Waals surface area contributed by atoms with Crippen LogP contribution in [0.3, 0.4) is 0 Å². The maximum Gasteiger partial charge on any atom is 0.341 e. The molecule has 0 amide bonds. The summed E-state index contributed by atoms with van der Waals surface area (Å²) in [6, 6.07) is 2.98. The van der Waals surface area contributed by atoms with Gasteiger partial charge in [0.25, 0.3) is 0 Å². The lowest BCUT2D eigenvalue weighted by molar-refractivity contribution is 0.0695. The van der Waals surface area contributed by atoms with E-state index in [1.165, 1.54) is 4.90 Å². The molecule has 2 aliphatic rings. The van der Waals surface area contributed by atoms with Crippen LogP contribution in [0.5, 0.6) is 0 Å². The number of nitrogens with two attached hydrogens (primary N) is 1. The third-order valence-corrected chi connectivity index (χ3v) is 6.27. The molecule has 0 bridgehead atoms. The van der Waals surface area contributed by atoms with Gasteiger partial charge in [-0.25, -0.2) is 22.4 Å². The zero-order valence-electron chi connectivity index (χ0n) is 17.0. The Balaban J connectivity index is 1.79. The number of carbonyl (C=O) groups is 1. The molecule has 1 unspecified atom stereocenters. The van der Waals surface area contributed by atoms with Gasteiger partial charge >= 0.3 is 5.97 Å². The van der Waals surface area contributed by atoms with E-state index in [9.17, 15) is 23.5 Å². The second-order valence-corrected chi connectivity index (χ2v) is 8.19. The Labute approximate surface area is 184 Å². The molecule has 170 valence electrons. The molecule has 0 fully saturated rings. The van der Waals surface area contributed by atoms with Gasteiger partial charge in [0.05, 0.1) is 16.6 Å². The normalized spacial score (nSPS) is 17.8. The predicted molar refractivity (Wildman–Crippen MR) is 113 cm³/mol. The molecular formula is C23H17F4N3O3. The van der Waals surface area contributed by atoms with Gasteiger partial charge < -0.3 is 20.3 Å². The molecule has 0 saturated heterocycles. The summed E-state index contributed by atoms with van der Waals surface area (Å²) in [6.07, 6.45) is 2.24. The largest absolute Gasteiger partial charge is 0.477 e. The van der Waals surface area contributed by atoms with Crippen LogP contribution in [0.2, 0.25) is 0 Å². The highest BCUT2D eigenvalue weighted by Crippen LogP contribution is 2.38. The first-order valence-electron chi connectivity index (χ1n) is 10.1. The number of halogens is 4. The number of pyridine rings is 1. The minimum Gasteiger partial charge on any atom is -0.477 e. The average Bonchev–Trinajstić information content (AvgIpc) is 3.31. The smallest absolute Gasteiger partial charge is 0.341 e. The van der Waals surface area contributed by atoms with Crippen molar-refractivity contribution in [3.63, 3.8) is 0 Å². The highest BCUT2D eigenvalue weighted by atomic mass is 19.1. The molecule has 1 aliphatic heterocycles. The first kappa shape index (κ1) is 21.2. The van der Waals surface area contributed by atoms with Gasteiger partial charge in [-0.1, -0.05) is 0 Å². The van der Waals surface area contributed by atoms with Gasteiger partial charge in [-0.3, -0.25) is 4.79 Å². The van der Waals surface area contributed by atoms with Crippen molar-refractivity contribution in [2.75, 3.05) is 18.0 Å². The van der Waals surface area contributed by atoms with Crippen LogP contribution in [0, 0.1) is 23.3 Å². The minimum atomic E-state index is -1.66. The van der Waals surface area contributed by atoms with Crippen molar-refractivity contribution >= 4 is 22.6 Å². The van der Waals surface area contributed by atoms with Crippen LogP contribution in [0.1, 0.15) is 23.2 Å². The fraction of sp³-hybridized carbons (Fsp3) is 0.217. The van der Waals surface area contributed by atoms with Crippen LogP contribution in [-0.4, -0.2) is 34.8 Å². The standard InChI is InChI=1S/C23H17F4N3O3/c24-11-2-4-18(15(25)5-11)30-9-14(23(32)33)22(31)12-6-16(26)21(19(27)20(12)30)29-7-10-1-3-17(28)13(10)8-29/h2,4-6,9,17H,1,3,7-8,28H2,(H,32,33). The number of aromatic carboxylic acids is 1. The van der Waals surface area contributed by atoms with Crippen LogP contribution in [0.15, 0.2) is 46.4 Å². The molecule has 0 spiro atoms. The van der Waals surface area contributed by atoms with E-state index >= 15 is 8.78 Å². The summed E-state index contributed by atoms with van der Waals surface area (Å²) in [4.78, 5) is 25.8. The van der Waals surface area contributed by atoms with E-state index in [-0.39, 0.29) is 19.1 Å². The minimum absolute atomic E-state index is 0.193. The third kappa shape index (κ3) is 3.20. The van der Waals surface area contributed by atoms with Crippen molar-refractivity contribution in [1.29, 1.82) is 0 Å². The number of hydrogen-bond acceptors (Lipinski definition) is 4. The average molecular weight is 459 g/mol. The number of anilines is 1. The van der Waals surface area contributed by atoms with Gasteiger partial charge in [-0.15, -0.1) is 0 Å². The SMILES string of the molecule is NC1CCC2=C1CN(c1c(F)cc3c(=O)c(C(=O)O)cn(-c4ccc(F)cc4F)c3c1F)C2. The Kier molecular flexibility index (Phi) is 4.78. The molecule has 0 radical (unpaired) electrons. The lowest BCUT2D eigenvalue weighted by Crippen LogP contribution is -2.29. The van der Waals surface area contributed by atoms with Crippen molar-refractivity contribution in [1.82, 2.24) is 4.57 Å². The van der Waals surface area contributed by atoms with E-state index < -0.39 is 62.5 Å². The highest BCUT2D eigenvalue weighted by molar-refractivity contribution is 5.94. The van der Waals surface area contributed by atoms with Crippen molar-refractivity contribution in [3.8, 4) is 5.69 Å². The van der Waals surface area contributed by atoms with Gasteiger partial charge in [0.2, 0.25) is 5.43 Å². The zero-order valence-corrected chi connectivity index (χ0v) is 17.0. The molecule has 3 aromatic rings. The van der Waals surface area contributed by atoms with Gasteiger partial charge in [0.15, 0.2) is 5.82 Å². The molecule has 5 rings (SSSR count). The molecule has 1 atom stereocenters. The van der Waals surface area contributed by atoms with Crippen LogP contribution >= 0.6 is 0 Å². The van der Waals surface area contributed by atoms with E-state index in [2.05, 4.69) is 0 Å².